The minimum atomic E-state index is -0.0694. The molecule has 0 unspecified atom stereocenters. The normalized spacial score (nSPS) is 8.57. The van der Waals surface area contributed by atoms with E-state index >= 15 is 0 Å². The number of hydrogen-bond acceptors (Lipinski definition) is 0. The zero-order valence-corrected chi connectivity index (χ0v) is 6.05. The number of hydrogen-bond donors (Lipinski definition) is 0. The van der Waals surface area contributed by atoms with E-state index in [1.165, 1.54) is 0 Å². The lowest BCUT2D eigenvalue weighted by Crippen LogP contribution is -1.75. The third-order valence-electron chi connectivity index (χ3n) is 0.660. The quantitative estimate of drug-likeness (QED) is 0.526. The Balaban J connectivity index is 3.72. The van der Waals surface area contributed by atoms with Crippen LogP contribution < -0.4 is 0 Å². The van der Waals surface area contributed by atoms with Crippen LogP contribution >= 0.6 is 15.9 Å². The Morgan fingerprint density at radius 1 is 1.57 bits per heavy atom. The maximum absolute atomic E-state index is 12.1. The summed E-state index contributed by atoms with van der Waals surface area (Å²) in [5, 5.41) is 0.343. The van der Waals surface area contributed by atoms with Gasteiger partial charge in [0.1, 0.15) is 5.83 Å². The standard InChI is InChI=1S/C5H8BrF/c1-4(2)5(7)3-6/h3H2,1-2H3. The topological polar surface area (TPSA) is 0 Å². The molecule has 0 spiro atoms. The highest BCUT2D eigenvalue weighted by Crippen LogP contribution is 2.06. The molecule has 0 rings (SSSR count). The van der Waals surface area contributed by atoms with Gasteiger partial charge in [0.15, 0.2) is 0 Å². The molecule has 7 heavy (non-hydrogen) atoms. The second-order valence-electron chi connectivity index (χ2n) is 1.54. The largest absolute Gasteiger partial charge is 0.211 e. The van der Waals surface area contributed by atoms with Gasteiger partial charge >= 0.3 is 0 Å². The molecule has 0 radical (unpaired) electrons. The molecule has 0 atom stereocenters. The molecule has 0 N–H and O–H groups in total. The summed E-state index contributed by atoms with van der Waals surface area (Å²) >= 11 is 2.98. The highest BCUT2D eigenvalue weighted by Gasteiger charge is 1.89. The number of allylic oxidation sites excluding steroid dienone is 2. The summed E-state index contributed by atoms with van der Waals surface area (Å²) in [4.78, 5) is 0. The van der Waals surface area contributed by atoms with Crippen LogP contribution in [0.15, 0.2) is 11.4 Å². The Hall–Kier alpha value is 0.150. The Kier molecular flexibility index (Phi) is 3.26. The summed E-state index contributed by atoms with van der Waals surface area (Å²) in [5.74, 6) is -0.0694. The first-order valence-corrected chi connectivity index (χ1v) is 3.18. The fraction of sp³-hybridized carbons (Fsp3) is 0.600. The maximum atomic E-state index is 12.1. The minimum Gasteiger partial charge on any atom is -0.211 e. The summed E-state index contributed by atoms with van der Waals surface area (Å²) in [6.45, 7) is 3.49. The summed E-state index contributed by atoms with van der Waals surface area (Å²) < 4.78 is 12.1. The van der Waals surface area contributed by atoms with Gasteiger partial charge in [0.25, 0.3) is 0 Å². The van der Waals surface area contributed by atoms with Crippen molar-refractivity contribution in [1.82, 2.24) is 0 Å². The molecule has 2 heteroatoms. The van der Waals surface area contributed by atoms with Crippen molar-refractivity contribution < 1.29 is 4.39 Å². The van der Waals surface area contributed by atoms with E-state index in [-0.39, 0.29) is 5.83 Å². The van der Waals surface area contributed by atoms with Crippen LogP contribution in [0.5, 0.6) is 0 Å². The Labute approximate surface area is 51.5 Å². The van der Waals surface area contributed by atoms with Crippen molar-refractivity contribution in [3.8, 4) is 0 Å². The number of halogens is 2. The van der Waals surface area contributed by atoms with E-state index in [1.807, 2.05) is 0 Å². The molecular weight excluding hydrogens is 159 g/mol. The lowest BCUT2D eigenvalue weighted by molar-refractivity contribution is 0.633. The van der Waals surface area contributed by atoms with Gasteiger partial charge in [-0.2, -0.15) is 0 Å². The molecule has 0 aliphatic rings. The zero-order valence-electron chi connectivity index (χ0n) is 4.46. The predicted octanol–water partition coefficient (Wildman–Crippen LogP) is 2.64. The van der Waals surface area contributed by atoms with Gasteiger partial charge in [0.05, 0.1) is 5.33 Å². The van der Waals surface area contributed by atoms with Crippen LogP contribution in [0.25, 0.3) is 0 Å². The van der Waals surface area contributed by atoms with Crippen LogP contribution in [0.3, 0.4) is 0 Å². The SMILES string of the molecule is CC(C)=C(F)CBr. The second-order valence-corrected chi connectivity index (χ2v) is 2.10. The van der Waals surface area contributed by atoms with Gasteiger partial charge in [0.2, 0.25) is 0 Å². The molecule has 0 bridgehead atoms. The molecule has 0 aromatic carbocycles. The van der Waals surface area contributed by atoms with E-state index in [9.17, 15) is 4.39 Å². The number of rotatable bonds is 1. The summed E-state index contributed by atoms with van der Waals surface area (Å²) in [6.07, 6.45) is 0. The average molecular weight is 167 g/mol. The van der Waals surface area contributed by atoms with Crippen LogP contribution in [0.2, 0.25) is 0 Å². The molecule has 0 aliphatic carbocycles. The van der Waals surface area contributed by atoms with Crippen molar-refractivity contribution in [3.63, 3.8) is 0 Å². The van der Waals surface area contributed by atoms with Crippen molar-refractivity contribution in [2.24, 2.45) is 0 Å². The molecule has 0 saturated carbocycles. The second kappa shape index (κ2) is 3.19. The van der Waals surface area contributed by atoms with Crippen LogP contribution in [0.4, 0.5) is 4.39 Å². The first kappa shape index (κ1) is 7.15. The fourth-order valence-electron chi connectivity index (χ4n) is 0.134. The third-order valence-corrected chi connectivity index (χ3v) is 1.15. The molecule has 0 heterocycles. The van der Waals surface area contributed by atoms with E-state index in [1.54, 1.807) is 13.8 Å². The molecule has 42 valence electrons. The minimum absolute atomic E-state index is 0.0694. The van der Waals surface area contributed by atoms with Gasteiger partial charge in [-0.1, -0.05) is 15.9 Å². The molecule has 0 saturated heterocycles. The van der Waals surface area contributed by atoms with Crippen molar-refractivity contribution in [1.29, 1.82) is 0 Å². The van der Waals surface area contributed by atoms with Crippen LogP contribution in [0.1, 0.15) is 13.8 Å². The monoisotopic (exact) mass is 166 g/mol. The van der Waals surface area contributed by atoms with Gasteiger partial charge in [-0.05, 0) is 19.4 Å². The lowest BCUT2D eigenvalue weighted by Gasteiger charge is -1.88. The molecule has 0 amide bonds. The van der Waals surface area contributed by atoms with E-state index in [2.05, 4.69) is 15.9 Å². The highest BCUT2D eigenvalue weighted by atomic mass is 79.9. The van der Waals surface area contributed by atoms with Gasteiger partial charge in [0, 0.05) is 0 Å². The van der Waals surface area contributed by atoms with E-state index in [0.29, 0.717) is 5.33 Å². The van der Waals surface area contributed by atoms with Crippen molar-refractivity contribution >= 4 is 15.9 Å². The van der Waals surface area contributed by atoms with E-state index < -0.39 is 0 Å². The first-order valence-electron chi connectivity index (χ1n) is 2.06. The molecular formula is C5H8BrF. The molecule has 0 aromatic heterocycles. The first-order chi connectivity index (χ1) is 3.18. The van der Waals surface area contributed by atoms with Crippen LogP contribution in [0, 0.1) is 0 Å². The van der Waals surface area contributed by atoms with E-state index in [0.717, 1.165) is 5.57 Å². The smallest absolute Gasteiger partial charge is 0.109 e. The summed E-state index contributed by atoms with van der Waals surface area (Å²) in [5.41, 5.74) is 0.747. The van der Waals surface area contributed by atoms with Crippen LogP contribution in [-0.2, 0) is 0 Å². The Bertz CT molecular complexity index is 82.1. The van der Waals surface area contributed by atoms with Gasteiger partial charge in [-0.25, -0.2) is 4.39 Å². The van der Waals surface area contributed by atoms with Crippen molar-refractivity contribution in [2.75, 3.05) is 5.33 Å². The molecule has 0 aliphatic heterocycles. The van der Waals surface area contributed by atoms with Gasteiger partial charge < -0.3 is 0 Å². The van der Waals surface area contributed by atoms with Crippen molar-refractivity contribution in [3.05, 3.63) is 11.4 Å². The molecule has 0 nitrogen and oxygen atoms in total. The fourth-order valence-corrected chi connectivity index (χ4v) is 0.694. The maximum Gasteiger partial charge on any atom is 0.109 e. The average Bonchev–Trinajstić information content (AvgIpc) is 1.65. The Morgan fingerprint density at radius 3 is 2.00 bits per heavy atom. The van der Waals surface area contributed by atoms with Gasteiger partial charge in [-0.15, -0.1) is 0 Å². The number of alkyl halides is 1. The highest BCUT2D eigenvalue weighted by molar-refractivity contribution is 9.09. The third kappa shape index (κ3) is 2.80. The Morgan fingerprint density at radius 2 is 2.00 bits per heavy atom. The predicted molar refractivity (Wildman–Crippen MR) is 33.3 cm³/mol. The van der Waals surface area contributed by atoms with Gasteiger partial charge in [-0.3, -0.25) is 0 Å². The van der Waals surface area contributed by atoms with Crippen molar-refractivity contribution in [2.45, 2.75) is 13.8 Å². The summed E-state index contributed by atoms with van der Waals surface area (Å²) in [6, 6.07) is 0. The summed E-state index contributed by atoms with van der Waals surface area (Å²) in [7, 11) is 0. The lowest BCUT2D eigenvalue weighted by atomic mass is 10.3. The zero-order chi connectivity index (χ0) is 5.86. The molecule has 0 aromatic rings. The molecule has 0 fully saturated rings. The van der Waals surface area contributed by atoms with E-state index in [4.69, 9.17) is 0 Å². The van der Waals surface area contributed by atoms with Crippen LogP contribution in [-0.4, -0.2) is 5.33 Å².